The van der Waals surface area contributed by atoms with E-state index in [0.29, 0.717) is 93.4 Å². The summed E-state index contributed by atoms with van der Waals surface area (Å²) < 4.78 is 38.0. The van der Waals surface area contributed by atoms with Gasteiger partial charge in [0.1, 0.15) is 30.5 Å². The van der Waals surface area contributed by atoms with Gasteiger partial charge in [-0.2, -0.15) is 9.97 Å². The second kappa shape index (κ2) is 23.4. The quantitative estimate of drug-likeness (QED) is 0.0877. The van der Waals surface area contributed by atoms with Gasteiger partial charge in [0, 0.05) is 60.3 Å². The molecule has 4 heterocycles. The van der Waals surface area contributed by atoms with E-state index in [1.165, 1.54) is 17.8 Å². The molecule has 16 nitrogen and oxygen atoms in total. The lowest BCUT2D eigenvalue weighted by molar-refractivity contribution is 0.101. The summed E-state index contributed by atoms with van der Waals surface area (Å²) in [6.45, 7) is 6.01. The Labute approximate surface area is 432 Å². The van der Waals surface area contributed by atoms with Crippen molar-refractivity contribution < 1.29 is 32.5 Å². The number of carbonyl (C=O) groups is 2. The number of halogens is 3. The molecule has 4 aromatic carbocycles. The van der Waals surface area contributed by atoms with E-state index in [4.69, 9.17) is 18.5 Å². The lowest BCUT2D eigenvalue weighted by Gasteiger charge is -2.13. The van der Waals surface area contributed by atoms with Gasteiger partial charge in [-0.1, -0.05) is 28.5 Å². The molecule has 370 valence electrons. The Balaban J connectivity index is 0.000000193. The molecule has 2 N–H and O–H groups in total. The van der Waals surface area contributed by atoms with Crippen LogP contribution in [0.2, 0.25) is 0 Å². The molecule has 0 saturated heterocycles. The minimum Gasteiger partial charge on any atom is -0.491 e. The average Bonchev–Trinajstić information content (AvgIpc) is 3.98. The van der Waals surface area contributed by atoms with Crippen molar-refractivity contribution in [2.75, 3.05) is 65.1 Å². The number of ether oxygens (including phenoxy) is 2. The molecule has 9 rings (SSSR count). The Hall–Kier alpha value is -7.19. The van der Waals surface area contributed by atoms with Crippen molar-refractivity contribution in [3.8, 4) is 56.8 Å². The highest BCUT2D eigenvalue weighted by molar-refractivity contribution is 9.11. The van der Waals surface area contributed by atoms with Crippen LogP contribution in [0.3, 0.4) is 0 Å². The van der Waals surface area contributed by atoms with Crippen LogP contribution in [0.5, 0.6) is 11.5 Å². The van der Waals surface area contributed by atoms with Gasteiger partial charge in [0.25, 0.3) is 11.8 Å². The summed E-state index contributed by atoms with van der Waals surface area (Å²) in [5.41, 5.74) is 7.42. The number of rotatable bonds is 17. The molecule has 1 fully saturated rings. The second-order valence-electron chi connectivity index (χ2n) is 17.4. The normalized spacial score (nSPS) is 12.1. The van der Waals surface area contributed by atoms with Crippen LogP contribution in [0.4, 0.5) is 15.8 Å². The minimum atomic E-state index is -0.467. The summed E-state index contributed by atoms with van der Waals surface area (Å²) in [4.78, 5) is 47.1. The molecular weight excluding hydrogens is 1050 g/mol. The van der Waals surface area contributed by atoms with Crippen LogP contribution in [0.1, 0.15) is 56.8 Å². The van der Waals surface area contributed by atoms with Gasteiger partial charge >= 0.3 is 0 Å². The van der Waals surface area contributed by atoms with Crippen molar-refractivity contribution in [3.63, 3.8) is 0 Å². The zero-order chi connectivity index (χ0) is 50.9. The van der Waals surface area contributed by atoms with E-state index in [2.05, 4.69) is 84.9 Å². The van der Waals surface area contributed by atoms with Gasteiger partial charge in [-0.3, -0.25) is 19.6 Å². The number of hydrogen-bond donors (Lipinski definition) is 2. The molecule has 1 aliphatic carbocycles. The van der Waals surface area contributed by atoms with Gasteiger partial charge in [0.2, 0.25) is 23.4 Å². The largest absolute Gasteiger partial charge is 0.491 e. The number of benzene rings is 4. The molecule has 19 heteroatoms. The van der Waals surface area contributed by atoms with E-state index in [0.717, 1.165) is 51.7 Å². The van der Waals surface area contributed by atoms with E-state index in [1.807, 2.05) is 62.3 Å². The zero-order valence-electron chi connectivity index (χ0n) is 40.4. The van der Waals surface area contributed by atoms with Crippen LogP contribution in [-0.2, 0) is 0 Å². The van der Waals surface area contributed by atoms with Crippen molar-refractivity contribution in [1.82, 2.24) is 40.0 Å². The summed E-state index contributed by atoms with van der Waals surface area (Å²) in [7, 11) is 7.89. The first-order valence-corrected chi connectivity index (χ1v) is 24.5. The molecule has 1 saturated carbocycles. The minimum absolute atomic E-state index is 0.224. The molecule has 2 amide bonds. The first kappa shape index (κ1) is 51.2. The summed E-state index contributed by atoms with van der Waals surface area (Å²) in [6, 6.07) is 28.4. The molecule has 0 radical (unpaired) electrons. The molecule has 0 bridgehead atoms. The van der Waals surface area contributed by atoms with Gasteiger partial charge in [-0.15, -0.1) is 0 Å². The van der Waals surface area contributed by atoms with E-state index >= 15 is 0 Å². The maximum absolute atomic E-state index is 14.7. The summed E-state index contributed by atoms with van der Waals surface area (Å²) in [5.74, 6) is 2.59. The van der Waals surface area contributed by atoms with Gasteiger partial charge in [0.15, 0.2) is 0 Å². The molecule has 8 aromatic rings. The monoisotopic (exact) mass is 1100 g/mol. The fourth-order valence-electron chi connectivity index (χ4n) is 7.21. The molecule has 0 aliphatic heterocycles. The highest BCUT2D eigenvalue weighted by Gasteiger charge is 2.28. The van der Waals surface area contributed by atoms with E-state index < -0.39 is 5.82 Å². The predicted octanol–water partition coefficient (Wildman–Crippen LogP) is 11.1. The lowest BCUT2D eigenvalue weighted by Crippen LogP contribution is -2.19. The molecule has 0 unspecified atom stereocenters. The Morgan fingerprint density at radius 3 is 1.53 bits per heavy atom. The van der Waals surface area contributed by atoms with Crippen LogP contribution < -0.4 is 20.1 Å². The molecule has 0 atom stereocenters. The van der Waals surface area contributed by atoms with Crippen LogP contribution in [-0.4, -0.2) is 106 Å². The Kier molecular flexibility index (Phi) is 16.6. The Morgan fingerprint density at radius 1 is 0.639 bits per heavy atom. The standard InChI is InChI=1S/C28H28BrN5O3.C25H23BrFN5O3/c1-17-31-27(33-37-17)19-6-9-22(23(14-19)18-4-5-18)25-11-8-21(16-30-25)32-28(35)20-7-10-24(29)26(15-20)36-13-12-34(2)3;1-15-29-24(31-35-15)16-4-7-19(21(27)12-16)22-9-6-18(14-28-22)30-25(33)17-5-8-20(26)23(13-17)34-11-10-32(2)3/h6-11,14-16,18H,4-5,12-13H2,1-3H3,(H,32,35);4-9,12-14H,10-11H2,1-3H3,(H,30,33). The van der Waals surface area contributed by atoms with Crippen molar-refractivity contribution in [2.45, 2.75) is 32.6 Å². The number of amides is 2. The highest BCUT2D eigenvalue weighted by Crippen LogP contribution is 2.45. The maximum Gasteiger partial charge on any atom is 0.255 e. The molecule has 4 aromatic heterocycles. The number of aromatic nitrogens is 6. The van der Waals surface area contributed by atoms with Crippen molar-refractivity contribution in [2.24, 2.45) is 0 Å². The third-order valence-corrected chi connectivity index (χ3v) is 12.5. The van der Waals surface area contributed by atoms with Gasteiger partial charge in [-0.25, -0.2) is 4.39 Å². The number of likely N-dealkylation sites (N-methyl/N-ethyl adjacent to an activating group) is 2. The second-order valence-corrected chi connectivity index (χ2v) is 19.1. The van der Waals surface area contributed by atoms with Crippen LogP contribution >= 0.6 is 31.9 Å². The number of nitrogens with one attached hydrogen (secondary N) is 2. The van der Waals surface area contributed by atoms with Gasteiger partial charge in [0.05, 0.1) is 44.1 Å². The van der Waals surface area contributed by atoms with Crippen molar-refractivity contribution in [1.29, 1.82) is 0 Å². The number of nitrogens with zero attached hydrogens (tertiary/aromatic N) is 8. The topological polar surface area (TPSA) is 187 Å². The lowest BCUT2D eigenvalue weighted by atomic mass is 9.97. The SMILES string of the molecule is Cc1nc(-c2ccc(-c3ccc(NC(=O)c4ccc(Br)c(OCCN(C)C)c4)cn3)c(C3CC3)c2)no1.Cc1nc(-c2ccc(-c3ccc(NC(=O)c4ccc(Br)c(OCCN(C)C)c4)cn3)c(F)c2)no1. The van der Waals surface area contributed by atoms with Crippen molar-refractivity contribution >= 4 is 55.0 Å². The van der Waals surface area contributed by atoms with Gasteiger partial charge < -0.3 is 39.0 Å². The van der Waals surface area contributed by atoms with Crippen LogP contribution in [0.25, 0.3) is 45.3 Å². The molecule has 1 aliphatic rings. The summed E-state index contributed by atoms with van der Waals surface area (Å²) in [6.07, 6.45) is 5.48. The van der Waals surface area contributed by atoms with E-state index in [-0.39, 0.29) is 11.8 Å². The van der Waals surface area contributed by atoms with Gasteiger partial charge in [-0.05, 0) is 163 Å². The Bertz CT molecular complexity index is 3180. The number of aryl methyl sites for hydroxylation is 2. The number of carbonyl (C=O) groups excluding carboxylic acids is 2. The fourth-order valence-corrected chi connectivity index (χ4v) is 7.93. The number of hydrogen-bond acceptors (Lipinski definition) is 14. The smallest absolute Gasteiger partial charge is 0.255 e. The molecular formula is C53H51Br2FN10O6. The Morgan fingerprint density at radius 2 is 1.11 bits per heavy atom. The third kappa shape index (κ3) is 13.4. The molecule has 72 heavy (non-hydrogen) atoms. The maximum atomic E-state index is 14.7. The third-order valence-electron chi connectivity index (χ3n) is 11.2. The average molecular weight is 1100 g/mol. The highest BCUT2D eigenvalue weighted by atomic mass is 79.9. The number of pyridine rings is 2. The van der Waals surface area contributed by atoms with Crippen LogP contribution in [0, 0.1) is 19.7 Å². The van der Waals surface area contributed by atoms with Crippen molar-refractivity contribution in [3.05, 3.63) is 153 Å². The summed E-state index contributed by atoms with van der Waals surface area (Å²) in [5, 5.41) is 13.6. The van der Waals surface area contributed by atoms with E-state index in [9.17, 15) is 14.0 Å². The first-order chi connectivity index (χ1) is 34.7. The fraction of sp³-hybridized carbons (Fsp3) is 0.245. The summed E-state index contributed by atoms with van der Waals surface area (Å²) >= 11 is 6.94. The first-order valence-electron chi connectivity index (χ1n) is 22.9. The molecule has 0 spiro atoms. The predicted molar refractivity (Wildman–Crippen MR) is 280 cm³/mol. The van der Waals surface area contributed by atoms with Crippen LogP contribution in [0.15, 0.2) is 127 Å². The number of anilines is 2. The zero-order valence-corrected chi connectivity index (χ0v) is 43.5. The van der Waals surface area contributed by atoms with E-state index in [1.54, 1.807) is 74.6 Å².